The van der Waals surface area contributed by atoms with E-state index in [-0.39, 0.29) is 5.41 Å². The van der Waals surface area contributed by atoms with Gasteiger partial charge in [-0.2, -0.15) is 4.98 Å². The summed E-state index contributed by atoms with van der Waals surface area (Å²) in [4.78, 5) is 4.78. The first-order valence-electron chi connectivity index (χ1n) is 8.28. The lowest BCUT2D eigenvalue weighted by atomic mass is 9.74. The van der Waals surface area contributed by atoms with Crippen molar-refractivity contribution in [2.75, 3.05) is 6.54 Å². The van der Waals surface area contributed by atoms with E-state index >= 15 is 0 Å². The Morgan fingerprint density at radius 3 is 2.70 bits per heavy atom. The molecule has 2 aliphatic carbocycles. The Bertz CT molecular complexity index is 437. The molecule has 2 fully saturated rings. The average Bonchev–Trinajstić information content (AvgIpc) is 2.98. The maximum Gasteiger partial charge on any atom is 0.234 e. The van der Waals surface area contributed by atoms with E-state index in [4.69, 9.17) is 15.2 Å². The van der Waals surface area contributed by atoms with Crippen LogP contribution in [-0.4, -0.2) is 16.7 Å². The molecule has 1 heterocycles. The fourth-order valence-electron chi connectivity index (χ4n) is 4.02. The molecule has 2 atom stereocenters. The van der Waals surface area contributed by atoms with Crippen LogP contribution in [0.5, 0.6) is 0 Å². The van der Waals surface area contributed by atoms with Gasteiger partial charge in [0.2, 0.25) is 5.89 Å². The Labute approximate surface area is 121 Å². The zero-order chi connectivity index (χ0) is 14.0. The summed E-state index contributed by atoms with van der Waals surface area (Å²) in [6, 6.07) is 0. The summed E-state index contributed by atoms with van der Waals surface area (Å²) >= 11 is 0. The Balaban J connectivity index is 1.78. The minimum absolute atomic E-state index is 0.0379. The maximum absolute atomic E-state index is 6.05. The van der Waals surface area contributed by atoms with Gasteiger partial charge in [-0.3, -0.25) is 0 Å². The van der Waals surface area contributed by atoms with Gasteiger partial charge in [0.1, 0.15) is 0 Å². The molecule has 2 saturated carbocycles. The lowest BCUT2D eigenvalue weighted by molar-refractivity contribution is 0.219. The van der Waals surface area contributed by atoms with Gasteiger partial charge in [0, 0.05) is 12.5 Å². The van der Waals surface area contributed by atoms with Crippen molar-refractivity contribution >= 4 is 0 Å². The molecule has 1 aromatic rings. The molecule has 0 bridgehead atoms. The molecular weight excluding hydrogens is 250 g/mol. The molecule has 0 spiro atoms. The van der Waals surface area contributed by atoms with Gasteiger partial charge >= 0.3 is 0 Å². The van der Waals surface area contributed by atoms with Gasteiger partial charge in [0.15, 0.2) is 5.82 Å². The lowest BCUT2D eigenvalue weighted by Crippen LogP contribution is -2.37. The largest absolute Gasteiger partial charge is 0.339 e. The second-order valence-corrected chi connectivity index (χ2v) is 6.97. The van der Waals surface area contributed by atoms with Gasteiger partial charge in [-0.15, -0.1) is 0 Å². The number of hydrogen-bond acceptors (Lipinski definition) is 4. The molecular formula is C16H27N3O. The van der Waals surface area contributed by atoms with Crippen molar-refractivity contribution in [3.8, 4) is 0 Å². The van der Waals surface area contributed by atoms with Gasteiger partial charge in [0.05, 0.1) is 5.41 Å². The van der Waals surface area contributed by atoms with Crippen molar-refractivity contribution in [2.24, 2.45) is 11.7 Å². The number of nitrogens with zero attached hydrogens (tertiary/aromatic N) is 2. The average molecular weight is 277 g/mol. The molecule has 0 amide bonds. The molecule has 4 heteroatoms. The molecule has 4 nitrogen and oxygen atoms in total. The van der Waals surface area contributed by atoms with Crippen molar-refractivity contribution in [1.29, 1.82) is 0 Å². The number of rotatable bonds is 3. The first-order chi connectivity index (χ1) is 9.73. The summed E-state index contributed by atoms with van der Waals surface area (Å²) in [5.41, 5.74) is 6.01. The van der Waals surface area contributed by atoms with Gasteiger partial charge < -0.3 is 10.3 Å². The highest BCUT2D eigenvalue weighted by molar-refractivity contribution is 5.10. The van der Waals surface area contributed by atoms with E-state index in [9.17, 15) is 0 Å². The Kier molecular flexibility index (Phi) is 4.11. The zero-order valence-electron chi connectivity index (χ0n) is 12.6. The monoisotopic (exact) mass is 277 g/mol. The number of hydrogen-bond donors (Lipinski definition) is 1. The summed E-state index contributed by atoms with van der Waals surface area (Å²) in [7, 11) is 0. The highest BCUT2D eigenvalue weighted by Gasteiger charge is 2.38. The first-order valence-corrected chi connectivity index (χ1v) is 8.28. The lowest BCUT2D eigenvalue weighted by Gasteiger charge is -2.32. The predicted molar refractivity (Wildman–Crippen MR) is 78.5 cm³/mol. The Hall–Kier alpha value is -0.900. The van der Waals surface area contributed by atoms with Crippen molar-refractivity contribution in [3.05, 3.63) is 11.7 Å². The topological polar surface area (TPSA) is 64.9 Å². The molecule has 112 valence electrons. The molecule has 2 N–H and O–H groups in total. The highest BCUT2D eigenvalue weighted by Crippen LogP contribution is 2.40. The van der Waals surface area contributed by atoms with Crippen LogP contribution < -0.4 is 5.73 Å². The zero-order valence-corrected chi connectivity index (χ0v) is 12.6. The summed E-state index contributed by atoms with van der Waals surface area (Å²) in [5, 5.41) is 4.30. The van der Waals surface area contributed by atoms with Crippen molar-refractivity contribution in [2.45, 2.75) is 76.0 Å². The van der Waals surface area contributed by atoms with Crippen LogP contribution in [0.25, 0.3) is 0 Å². The van der Waals surface area contributed by atoms with Crippen LogP contribution in [0.3, 0.4) is 0 Å². The molecule has 0 aromatic carbocycles. The third-order valence-corrected chi connectivity index (χ3v) is 5.40. The normalized spacial score (nSPS) is 30.3. The molecule has 0 radical (unpaired) electrons. The highest BCUT2D eigenvalue weighted by atomic mass is 16.5. The Morgan fingerprint density at radius 1 is 1.20 bits per heavy atom. The minimum atomic E-state index is -0.0379. The van der Waals surface area contributed by atoms with E-state index in [1.807, 2.05) is 0 Å². The van der Waals surface area contributed by atoms with E-state index in [1.54, 1.807) is 0 Å². The van der Waals surface area contributed by atoms with Crippen LogP contribution in [-0.2, 0) is 5.41 Å². The third-order valence-electron chi connectivity index (χ3n) is 5.40. The maximum atomic E-state index is 6.05. The van der Waals surface area contributed by atoms with Gasteiger partial charge in [-0.1, -0.05) is 44.2 Å². The summed E-state index contributed by atoms with van der Waals surface area (Å²) < 4.78 is 5.65. The van der Waals surface area contributed by atoms with E-state index in [0.29, 0.717) is 12.5 Å². The molecule has 0 saturated heterocycles. The summed E-state index contributed by atoms with van der Waals surface area (Å²) in [5.74, 6) is 3.03. The number of aromatic nitrogens is 2. The van der Waals surface area contributed by atoms with E-state index in [2.05, 4.69) is 12.1 Å². The van der Waals surface area contributed by atoms with Crippen LogP contribution in [0.1, 0.15) is 82.3 Å². The number of nitrogens with two attached hydrogens (primary N) is 1. The van der Waals surface area contributed by atoms with Crippen molar-refractivity contribution in [3.63, 3.8) is 0 Å². The molecule has 0 aliphatic heterocycles. The molecule has 1 aromatic heterocycles. The molecule has 3 rings (SSSR count). The van der Waals surface area contributed by atoms with Crippen LogP contribution in [0.15, 0.2) is 4.52 Å². The van der Waals surface area contributed by atoms with Gasteiger partial charge in [-0.25, -0.2) is 0 Å². The van der Waals surface area contributed by atoms with Gasteiger partial charge in [0.25, 0.3) is 0 Å². The fraction of sp³-hybridized carbons (Fsp3) is 0.875. The molecule has 2 aliphatic rings. The SMILES string of the molecule is CC1CCCC(c2noc(C3(CN)CCCCC3)n2)C1. The second-order valence-electron chi connectivity index (χ2n) is 6.97. The molecule has 20 heavy (non-hydrogen) atoms. The summed E-state index contributed by atoms with van der Waals surface area (Å²) in [6.07, 6.45) is 11.0. The van der Waals surface area contributed by atoms with Crippen LogP contribution in [0, 0.1) is 5.92 Å². The van der Waals surface area contributed by atoms with Gasteiger partial charge in [-0.05, 0) is 31.6 Å². The quantitative estimate of drug-likeness (QED) is 0.918. The van der Waals surface area contributed by atoms with E-state index in [0.717, 1.165) is 30.5 Å². The predicted octanol–water partition coefficient (Wildman–Crippen LogP) is 3.52. The smallest absolute Gasteiger partial charge is 0.234 e. The van der Waals surface area contributed by atoms with Crippen molar-refractivity contribution in [1.82, 2.24) is 10.1 Å². The third kappa shape index (κ3) is 2.62. The van der Waals surface area contributed by atoms with Crippen LogP contribution in [0.4, 0.5) is 0 Å². The van der Waals surface area contributed by atoms with Crippen molar-refractivity contribution < 1.29 is 4.52 Å². The second kappa shape index (κ2) is 5.84. The van der Waals surface area contributed by atoms with Crippen LogP contribution in [0.2, 0.25) is 0 Å². The van der Waals surface area contributed by atoms with E-state index in [1.165, 1.54) is 44.9 Å². The minimum Gasteiger partial charge on any atom is -0.339 e. The summed E-state index contributed by atoms with van der Waals surface area (Å²) in [6.45, 7) is 2.96. The fourth-order valence-corrected chi connectivity index (χ4v) is 4.02. The van der Waals surface area contributed by atoms with Crippen LogP contribution >= 0.6 is 0 Å². The van der Waals surface area contributed by atoms with E-state index < -0.39 is 0 Å². The first kappa shape index (κ1) is 14.1. The standard InChI is InChI=1S/C16H27N3O/c1-12-6-5-7-13(10-12)14-18-15(20-19-14)16(11-17)8-3-2-4-9-16/h12-13H,2-11,17H2,1H3. The Morgan fingerprint density at radius 2 is 2.00 bits per heavy atom. The molecule has 2 unspecified atom stereocenters.